The molecule has 1 aromatic carbocycles. The number of carbonyl (C=O) groups excluding carboxylic acids is 1. The Morgan fingerprint density at radius 1 is 1.24 bits per heavy atom. The number of nitrogens with one attached hydrogen (secondary N) is 1. The van der Waals surface area contributed by atoms with E-state index in [2.05, 4.69) is 5.32 Å². The number of aromatic carboxylic acids is 1. The predicted molar refractivity (Wildman–Crippen MR) is 76.2 cm³/mol. The van der Waals surface area contributed by atoms with Gasteiger partial charge in [-0.25, -0.2) is 4.79 Å². The van der Waals surface area contributed by atoms with Gasteiger partial charge in [0, 0.05) is 13.2 Å². The van der Waals surface area contributed by atoms with E-state index < -0.39 is 5.97 Å². The fraction of sp³-hybridized carbons (Fsp3) is 0.200. The van der Waals surface area contributed by atoms with E-state index in [0.29, 0.717) is 11.4 Å². The molecule has 0 atom stereocenters. The summed E-state index contributed by atoms with van der Waals surface area (Å²) in [4.78, 5) is 22.7. The molecule has 0 fully saturated rings. The number of hydrogen-bond donors (Lipinski definition) is 2. The van der Waals surface area contributed by atoms with Crippen LogP contribution in [0.1, 0.15) is 16.1 Å². The summed E-state index contributed by atoms with van der Waals surface area (Å²) in [5.41, 5.74) is 0.588. The van der Waals surface area contributed by atoms with Gasteiger partial charge in [0.1, 0.15) is 18.9 Å². The van der Waals surface area contributed by atoms with E-state index in [-0.39, 0.29) is 24.6 Å². The summed E-state index contributed by atoms with van der Waals surface area (Å²) in [6, 6.07) is 10.6. The highest BCUT2D eigenvalue weighted by Crippen LogP contribution is 2.16. The van der Waals surface area contributed by atoms with Gasteiger partial charge < -0.3 is 19.7 Å². The van der Waals surface area contributed by atoms with Crippen molar-refractivity contribution in [3.05, 3.63) is 53.9 Å². The van der Waals surface area contributed by atoms with Gasteiger partial charge in [-0.05, 0) is 18.2 Å². The van der Waals surface area contributed by atoms with Crippen molar-refractivity contribution in [1.82, 2.24) is 9.88 Å². The van der Waals surface area contributed by atoms with Crippen LogP contribution in [-0.4, -0.2) is 28.6 Å². The number of amides is 1. The third-order valence-corrected chi connectivity index (χ3v) is 3.02. The molecule has 0 radical (unpaired) electrons. The van der Waals surface area contributed by atoms with E-state index in [0.717, 1.165) is 0 Å². The van der Waals surface area contributed by atoms with Crippen LogP contribution in [-0.2, 0) is 17.9 Å². The molecule has 1 aromatic heterocycles. The summed E-state index contributed by atoms with van der Waals surface area (Å²) >= 11 is 0. The van der Waals surface area contributed by atoms with Crippen molar-refractivity contribution < 1.29 is 19.4 Å². The van der Waals surface area contributed by atoms with Crippen LogP contribution >= 0.6 is 0 Å². The molecular formula is C15H16N2O4. The molecule has 21 heavy (non-hydrogen) atoms. The van der Waals surface area contributed by atoms with Gasteiger partial charge in [-0.2, -0.15) is 0 Å². The third-order valence-electron chi connectivity index (χ3n) is 3.02. The molecule has 2 rings (SSSR count). The van der Waals surface area contributed by atoms with Gasteiger partial charge in [0.2, 0.25) is 5.91 Å². The zero-order valence-corrected chi connectivity index (χ0v) is 11.6. The molecule has 2 aromatic rings. The fourth-order valence-corrected chi connectivity index (χ4v) is 1.91. The van der Waals surface area contributed by atoms with Crippen LogP contribution in [0, 0.1) is 0 Å². The number of nitrogens with zero attached hydrogens (tertiary/aromatic N) is 1. The van der Waals surface area contributed by atoms with Crippen molar-refractivity contribution in [3.8, 4) is 5.75 Å². The number of rotatable bonds is 6. The lowest BCUT2D eigenvalue weighted by atomic mass is 10.2. The lowest BCUT2D eigenvalue weighted by Gasteiger charge is -2.11. The number of ether oxygens (including phenoxy) is 1. The summed E-state index contributed by atoms with van der Waals surface area (Å²) in [6.45, 7) is 0.132. The van der Waals surface area contributed by atoms with E-state index in [1.165, 1.54) is 13.1 Å². The number of aromatic nitrogens is 1. The van der Waals surface area contributed by atoms with E-state index in [4.69, 9.17) is 4.74 Å². The zero-order valence-electron chi connectivity index (χ0n) is 11.6. The molecular weight excluding hydrogens is 272 g/mol. The Balaban J connectivity index is 2.20. The van der Waals surface area contributed by atoms with Gasteiger partial charge in [0.15, 0.2) is 0 Å². The smallest absolute Gasteiger partial charge is 0.337 e. The van der Waals surface area contributed by atoms with Crippen LogP contribution in [0.25, 0.3) is 0 Å². The molecule has 0 aliphatic carbocycles. The third kappa shape index (κ3) is 3.62. The lowest BCUT2D eigenvalue weighted by Crippen LogP contribution is -2.24. The Hall–Kier alpha value is -2.76. The molecule has 0 unspecified atom stereocenters. The second kappa shape index (κ2) is 6.60. The largest absolute Gasteiger partial charge is 0.487 e. The topological polar surface area (TPSA) is 80.6 Å². The van der Waals surface area contributed by atoms with E-state index in [9.17, 15) is 14.7 Å². The summed E-state index contributed by atoms with van der Waals surface area (Å²) in [5, 5.41) is 11.7. The minimum absolute atomic E-state index is 0.0528. The Labute approximate surface area is 122 Å². The Bertz CT molecular complexity index is 634. The molecule has 0 bridgehead atoms. The molecule has 0 spiro atoms. The van der Waals surface area contributed by atoms with E-state index >= 15 is 0 Å². The minimum atomic E-state index is -1.04. The van der Waals surface area contributed by atoms with Crippen molar-refractivity contribution >= 4 is 11.9 Å². The maximum atomic E-state index is 11.5. The van der Waals surface area contributed by atoms with Gasteiger partial charge in [-0.15, -0.1) is 0 Å². The number of carbonyl (C=O) groups is 2. The standard InChI is InChI=1S/C15H16N2O4/c1-16-14(18)9-17-8-7-12(15(19)20)13(17)10-21-11-5-3-2-4-6-11/h2-8H,9-10H2,1H3,(H,16,18)(H,19,20). The maximum absolute atomic E-state index is 11.5. The number of benzene rings is 1. The molecule has 6 nitrogen and oxygen atoms in total. The van der Waals surface area contributed by atoms with Crippen LogP contribution in [0.15, 0.2) is 42.6 Å². The van der Waals surface area contributed by atoms with Crippen LogP contribution in [0.2, 0.25) is 0 Å². The summed E-state index contributed by atoms with van der Waals surface area (Å²) in [5.74, 6) is -0.609. The van der Waals surface area contributed by atoms with Crippen molar-refractivity contribution in [3.63, 3.8) is 0 Å². The first kappa shape index (κ1) is 14.6. The average molecular weight is 288 g/mol. The molecule has 1 amide bonds. The maximum Gasteiger partial charge on any atom is 0.337 e. The second-order valence-electron chi connectivity index (χ2n) is 4.38. The molecule has 0 aliphatic heterocycles. The quantitative estimate of drug-likeness (QED) is 0.844. The molecule has 0 aliphatic rings. The summed E-state index contributed by atoms with van der Waals surface area (Å²) in [7, 11) is 1.53. The number of hydrogen-bond acceptors (Lipinski definition) is 3. The van der Waals surface area contributed by atoms with Crippen LogP contribution < -0.4 is 10.1 Å². The Kier molecular flexibility index (Phi) is 4.61. The Morgan fingerprint density at radius 3 is 2.57 bits per heavy atom. The highest BCUT2D eigenvalue weighted by Gasteiger charge is 2.17. The molecule has 110 valence electrons. The molecule has 2 N–H and O–H groups in total. The number of para-hydroxylation sites is 1. The SMILES string of the molecule is CNC(=O)Cn1ccc(C(=O)O)c1COc1ccccc1. The van der Waals surface area contributed by atoms with Crippen molar-refractivity contribution in [1.29, 1.82) is 0 Å². The first-order valence-electron chi connectivity index (χ1n) is 6.41. The zero-order chi connectivity index (χ0) is 15.2. The number of likely N-dealkylation sites (N-methyl/N-ethyl adjacent to an activating group) is 1. The second-order valence-corrected chi connectivity index (χ2v) is 4.38. The van der Waals surface area contributed by atoms with Gasteiger partial charge >= 0.3 is 5.97 Å². The van der Waals surface area contributed by atoms with Gasteiger partial charge in [-0.3, -0.25) is 4.79 Å². The average Bonchev–Trinajstić information content (AvgIpc) is 2.89. The first-order valence-corrected chi connectivity index (χ1v) is 6.41. The van der Waals surface area contributed by atoms with Gasteiger partial charge in [0.25, 0.3) is 0 Å². The Morgan fingerprint density at radius 2 is 1.95 bits per heavy atom. The van der Waals surface area contributed by atoms with Crippen molar-refractivity contribution in [2.24, 2.45) is 0 Å². The van der Waals surface area contributed by atoms with Crippen LogP contribution in [0.4, 0.5) is 0 Å². The minimum Gasteiger partial charge on any atom is -0.487 e. The molecule has 6 heteroatoms. The van der Waals surface area contributed by atoms with Crippen molar-refractivity contribution in [2.75, 3.05) is 7.05 Å². The monoisotopic (exact) mass is 288 g/mol. The summed E-state index contributed by atoms with van der Waals surface area (Å²) < 4.78 is 7.16. The molecule has 0 saturated carbocycles. The normalized spacial score (nSPS) is 10.1. The molecule has 1 heterocycles. The van der Waals surface area contributed by atoms with Crippen molar-refractivity contribution in [2.45, 2.75) is 13.2 Å². The van der Waals surface area contributed by atoms with E-state index in [1.54, 1.807) is 22.9 Å². The highest BCUT2D eigenvalue weighted by atomic mass is 16.5. The lowest BCUT2D eigenvalue weighted by molar-refractivity contribution is -0.121. The van der Waals surface area contributed by atoms with E-state index in [1.807, 2.05) is 18.2 Å². The predicted octanol–water partition coefficient (Wildman–Crippen LogP) is 1.51. The first-order chi connectivity index (χ1) is 10.1. The van der Waals surface area contributed by atoms with Crippen LogP contribution in [0.5, 0.6) is 5.75 Å². The summed E-state index contributed by atoms with van der Waals surface area (Å²) in [6.07, 6.45) is 1.57. The van der Waals surface area contributed by atoms with Gasteiger partial charge in [0.05, 0.1) is 11.3 Å². The van der Waals surface area contributed by atoms with Gasteiger partial charge in [-0.1, -0.05) is 18.2 Å². The number of carboxylic acids is 1. The number of carboxylic acid groups (broad SMARTS) is 1. The van der Waals surface area contributed by atoms with Crippen LogP contribution in [0.3, 0.4) is 0 Å². The highest BCUT2D eigenvalue weighted by molar-refractivity contribution is 5.89. The molecule has 0 saturated heterocycles. The fourth-order valence-electron chi connectivity index (χ4n) is 1.91.